The lowest BCUT2D eigenvalue weighted by atomic mass is 9.52. The molecule has 0 N–H and O–H groups in total. The monoisotopic (exact) mass is 905 g/mol. The number of fused-ring (bicyclic) bond motifs is 22. The Morgan fingerprint density at radius 2 is 0.928 bits per heavy atom. The fraction of sp³-hybridized carbons (Fsp3) is 0.182. The Balaban J connectivity index is 1.15. The Bertz CT molecular complexity index is 3740. The third-order valence-corrected chi connectivity index (χ3v) is 21.8. The molecule has 10 aromatic rings. The van der Waals surface area contributed by atoms with Crippen LogP contribution in [0.4, 0.5) is 17.1 Å². The smallest absolute Gasteiger partial charge is 0.182 e. The quantitative estimate of drug-likeness (QED) is 0.153. The van der Waals surface area contributed by atoms with Crippen LogP contribution in [0.2, 0.25) is 0 Å². The lowest BCUT2D eigenvalue weighted by molar-refractivity contribution is 0.539. The van der Waals surface area contributed by atoms with Crippen molar-refractivity contribution in [1.29, 1.82) is 0 Å². The van der Waals surface area contributed by atoms with E-state index < -0.39 is 13.5 Å². The number of furan rings is 1. The van der Waals surface area contributed by atoms with Gasteiger partial charge in [0.2, 0.25) is 0 Å². The van der Waals surface area contributed by atoms with Crippen LogP contribution in [0.1, 0.15) is 99.9 Å². The molecule has 14 rings (SSSR count). The molecule has 334 valence electrons. The van der Waals surface area contributed by atoms with Crippen molar-refractivity contribution in [3.8, 4) is 22.3 Å². The number of para-hydroxylation sites is 2. The van der Waals surface area contributed by atoms with Gasteiger partial charge in [0.1, 0.15) is 11.2 Å². The van der Waals surface area contributed by atoms with Gasteiger partial charge in [0, 0.05) is 16.5 Å². The average Bonchev–Trinajstić information content (AvgIpc) is 3.99. The normalized spacial score (nSPS) is 16.1. The van der Waals surface area contributed by atoms with Crippen molar-refractivity contribution in [3.05, 3.63) is 233 Å². The van der Waals surface area contributed by atoms with Gasteiger partial charge in [-0.2, -0.15) is 0 Å². The molecule has 0 saturated heterocycles. The molecule has 2 nitrogen and oxygen atoms in total. The van der Waals surface area contributed by atoms with Crippen molar-refractivity contribution in [2.75, 3.05) is 4.90 Å². The second kappa shape index (κ2) is 13.5. The van der Waals surface area contributed by atoms with Crippen LogP contribution in [0.3, 0.4) is 0 Å². The predicted octanol–water partition coefficient (Wildman–Crippen LogP) is 14.3. The number of rotatable bonds is 1. The van der Waals surface area contributed by atoms with E-state index in [9.17, 15) is 0 Å². The second-order valence-electron chi connectivity index (χ2n) is 22.8. The van der Waals surface area contributed by atoms with Crippen molar-refractivity contribution in [1.82, 2.24) is 0 Å². The van der Waals surface area contributed by atoms with Gasteiger partial charge in [-0.05, 0) is 129 Å². The molecule has 69 heavy (non-hydrogen) atoms. The Morgan fingerprint density at radius 1 is 0.420 bits per heavy atom. The SMILES string of the molecule is CC(C)(C)c1ccc2c(c1)C1(c3ccccc3N(c3ccc4c(c3)[Si]3(c5ccccc5-c5ccccc53)c3ccccc3-4)c3c1ccc1oc4ccccc4c31)c1cc(C(C)(C)C)ccc1C2(C)C. The van der Waals surface area contributed by atoms with Gasteiger partial charge in [0.25, 0.3) is 0 Å². The van der Waals surface area contributed by atoms with Crippen LogP contribution in [-0.4, -0.2) is 8.07 Å². The van der Waals surface area contributed by atoms with Crippen molar-refractivity contribution in [3.63, 3.8) is 0 Å². The molecule has 9 aromatic carbocycles. The molecule has 0 radical (unpaired) electrons. The molecule has 0 saturated carbocycles. The van der Waals surface area contributed by atoms with Gasteiger partial charge in [-0.15, -0.1) is 0 Å². The minimum Gasteiger partial charge on any atom is -0.456 e. The highest BCUT2D eigenvalue weighted by molar-refractivity contribution is 7.24. The molecule has 0 unspecified atom stereocenters. The van der Waals surface area contributed by atoms with Crippen LogP contribution in [0.25, 0.3) is 44.2 Å². The number of hydrogen-bond acceptors (Lipinski definition) is 2. The maximum Gasteiger partial charge on any atom is 0.182 e. The van der Waals surface area contributed by atoms with E-state index in [-0.39, 0.29) is 16.2 Å². The summed E-state index contributed by atoms with van der Waals surface area (Å²) in [6, 6.07) is 73.0. The first-order valence-corrected chi connectivity index (χ1v) is 26.8. The highest BCUT2D eigenvalue weighted by atomic mass is 28.3. The molecule has 2 spiro atoms. The molecule has 1 aromatic heterocycles. The van der Waals surface area contributed by atoms with E-state index in [1.165, 1.54) is 105 Å². The molecule has 0 fully saturated rings. The van der Waals surface area contributed by atoms with Crippen LogP contribution < -0.4 is 25.6 Å². The Hall–Kier alpha value is -7.20. The fourth-order valence-corrected chi connectivity index (χ4v) is 19.3. The van der Waals surface area contributed by atoms with Crippen molar-refractivity contribution >= 4 is 67.8 Å². The van der Waals surface area contributed by atoms with Gasteiger partial charge in [-0.1, -0.05) is 213 Å². The third-order valence-electron chi connectivity index (χ3n) is 16.9. The van der Waals surface area contributed by atoms with Crippen LogP contribution in [0.15, 0.2) is 192 Å². The molecule has 4 heterocycles. The minimum absolute atomic E-state index is 0.0685. The summed E-state index contributed by atoms with van der Waals surface area (Å²) in [5.41, 5.74) is 20.5. The molecular weight excluding hydrogens is 851 g/mol. The number of hydrogen-bond donors (Lipinski definition) is 0. The predicted molar refractivity (Wildman–Crippen MR) is 291 cm³/mol. The zero-order valence-electron chi connectivity index (χ0n) is 40.8. The average molecular weight is 906 g/mol. The first kappa shape index (κ1) is 40.8. The highest BCUT2D eigenvalue weighted by Crippen LogP contribution is 2.65. The summed E-state index contributed by atoms with van der Waals surface area (Å²) < 4.78 is 6.92. The van der Waals surface area contributed by atoms with E-state index >= 15 is 0 Å². The highest BCUT2D eigenvalue weighted by Gasteiger charge is 2.57. The van der Waals surface area contributed by atoms with E-state index in [2.05, 4.69) is 248 Å². The maximum absolute atomic E-state index is 6.92. The molecule has 3 heteroatoms. The van der Waals surface area contributed by atoms with Gasteiger partial charge >= 0.3 is 0 Å². The molecule has 0 atom stereocenters. The van der Waals surface area contributed by atoms with Crippen molar-refractivity contribution < 1.29 is 4.42 Å². The topological polar surface area (TPSA) is 16.4 Å². The van der Waals surface area contributed by atoms with E-state index in [1.54, 1.807) is 0 Å². The van der Waals surface area contributed by atoms with Gasteiger partial charge in [-0.25, -0.2) is 0 Å². The molecule has 3 aliphatic heterocycles. The maximum atomic E-state index is 6.92. The van der Waals surface area contributed by atoms with E-state index in [1.807, 2.05) is 0 Å². The summed E-state index contributed by atoms with van der Waals surface area (Å²) in [6.45, 7) is 19.0. The van der Waals surface area contributed by atoms with Crippen molar-refractivity contribution in [2.45, 2.75) is 77.0 Å². The standard InChI is InChI=1S/C66H55NOSi/c1-63(2,3)40-29-33-48-52(37-40)66(53-38-41(64(4,5)6)30-34-49(53)65(48,7)8)50-23-13-14-24-54(50)67(62-51(66)35-36-56-61(62)47-22-9-15-25-55(47)68-56)42-31-32-46-45-21-12-18-28-59(45)69(60(46)39-42)57-26-16-10-19-43(57)44-20-11-17-27-58(44)69/h9-39H,1-8H3. The van der Waals surface area contributed by atoms with Crippen LogP contribution >= 0.6 is 0 Å². The summed E-state index contributed by atoms with van der Waals surface area (Å²) >= 11 is 0. The molecule has 0 amide bonds. The number of benzene rings is 9. The summed E-state index contributed by atoms with van der Waals surface area (Å²) in [6.07, 6.45) is 0. The van der Waals surface area contributed by atoms with Gasteiger partial charge in [0.05, 0.1) is 22.2 Å². The zero-order valence-corrected chi connectivity index (χ0v) is 41.8. The van der Waals surface area contributed by atoms with E-state index in [4.69, 9.17) is 4.42 Å². The first-order valence-electron chi connectivity index (χ1n) is 24.8. The van der Waals surface area contributed by atoms with Gasteiger partial charge in [-0.3, -0.25) is 0 Å². The summed E-state index contributed by atoms with van der Waals surface area (Å²) in [7, 11) is -2.76. The Morgan fingerprint density at radius 3 is 1.52 bits per heavy atom. The lowest BCUT2D eigenvalue weighted by Gasteiger charge is -2.53. The van der Waals surface area contributed by atoms with E-state index in [0.29, 0.717) is 0 Å². The minimum atomic E-state index is -2.76. The molecule has 0 bridgehead atoms. The van der Waals surface area contributed by atoms with Crippen LogP contribution in [0.5, 0.6) is 0 Å². The van der Waals surface area contributed by atoms with E-state index in [0.717, 1.165) is 21.9 Å². The number of anilines is 3. The summed E-state index contributed by atoms with van der Waals surface area (Å²) in [4.78, 5) is 2.64. The second-order valence-corrected chi connectivity index (χ2v) is 26.5. The summed E-state index contributed by atoms with van der Waals surface area (Å²) in [5, 5.41) is 8.19. The molecular formula is C66H55NOSi. The first-order chi connectivity index (χ1) is 33.2. The number of nitrogens with zero attached hydrogens (tertiary/aromatic N) is 1. The largest absolute Gasteiger partial charge is 0.456 e. The van der Waals surface area contributed by atoms with Crippen LogP contribution in [0, 0.1) is 0 Å². The lowest BCUT2D eigenvalue weighted by Crippen LogP contribution is -2.70. The van der Waals surface area contributed by atoms with Crippen LogP contribution in [-0.2, 0) is 21.7 Å². The third kappa shape index (κ3) is 5.06. The Labute approximate surface area is 406 Å². The van der Waals surface area contributed by atoms with Gasteiger partial charge in [0.15, 0.2) is 8.07 Å². The fourth-order valence-electron chi connectivity index (χ4n) is 13.7. The zero-order chi connectivity index (χ0) is 47.0. The summed E-state index contributed by atoms with van der Waals surface area (Å²) in [5.74, 6) is 0. The van der Waals surface area contributed by atoms with Crippen molar-refractivity contribution in [2.24, 2.45) is 0 Å². The molecule has 1 aliphatic carbocycles. The van der Waals surface area contributed by atoms with Gasteiger partial charge < -0.3 is 9.32 Å². The Kier molecular flexibility index (Phi) is 8.00. The molecule has 4 aliphatic rings.